The second-order valence-electron chi connectivity index (χ2n) is 3.11. The van der Waals surface area contributed by atoms with Crippen LogP contribution < -0.4 is 5.32 Å². The first-order valence-corrected chi connectivity index (χ1v) is 5.47. The summed E-state index contributed by atoms with van der Waals surface area (Å²) in [5.41, 5.74) is 1.94. The molecular weight excluding hydrogens is 266 g/mol. The molecule has 0 spiro atoms. The van der Waals surface area contributed by atoms with Crippen molar-refractivity contribution < 1.29 is 0 Å². The minimum absolute atomic E-state index is 0.530. The van der Waals surface area contributed by atoms with Gasteiger partial charge < -0.3 is 5.32 Å². The van der Waals surface area contributed by atoms with Gasteiger partial charge in [0.15, 0.2) is 0 Å². The van der Waals surface area contributed by atoms with E-state index in [1.54, 1.807) is 6.20 Å². The van der Waals surface area contributed by atoms with Crippen LogP contribution in [-0.4, -0.2) is 4.98 Å². The Bertz CT molecular complexity index is 521. The maximum Gasteiger partial charge on any atom is 0.104 e. The van der Waals surface area contributed by atoms with Crippen LogP contribution in [-0.2, 0) is 0 Å². The van der Waals surface area contributed by atoms with Crippen LogP contribution in [0.3, 0.4) is 0 Å². The maximum atomic E-state index is 9.16. The van der Waals surface area contributed by atoms with E-state index in [2.05, 4.69) is 32.3 Å². The zero-order valence-electron chi connectivity index (χ0n) is 8.31. The van der Waals surface area contributed by atoms with Crippen molar-refractivity contribution in [3.63, 3.8) is 0 Å². The molecule has 1 aromatic heterocycles. The lowest BCUT2D eigenvalue weighted by atomic mass is 10.1. The van der Waals surface area contributed by atoms with Crippen LogP contribution in [0, 0.1) is 11.3 Å². The zero-order valence-corrected chi connectivity index (χ0v) is 9.90. The first-order valence-electron chi connectivity index (χ1n) is 4.68. The van der Waals surface area contributed by atoms with Gasteiger partial charge in [-0.25, -0.2) is 0 Å². The molecule has 0 aromatic carbocycles. The second-order valence-corrected chi connectivity index (χ2v) is 3.97. The van der Waals surface area contributed by atoms with Crippen molar-refractivity contribution in [2.75, 3.05) is 0 Å². The molecule has 3 nitrogen and oxygen atoms in total. The average molecular weight is 274 g/mol. The van der Waals surface area contributed by atoms with Gasteiger partial charge in [0.2, 0.25) is 0 Å². The van der Waals surface area contributed by atoms with Crippen molar-refractivity contribution in [1.29, 1.82) is 5.26 Å². The predicted octanol–water partition coefficient (Wildman–Crippen LogP) is 2.71. The highest BCUT2D eigenvalue weighted by molar-refractivity contribution is 9.11. The third-order valence-electron chi connectivity index (χ3n) is 2.06. The van der Waals surface area contributed by atoms with E-state index in [0.29, 0.717) is 11.3 Å². The molecule has 1 aliphatic heterocycles. The monoisotopic (exact) mass is 273 g/mol. The summed E-state index contributed by atoms with van der Waals surface area (Å²) in [6, 6.07) is 7.66. The van der Waals surface area contributed by atoms with Crippen LogP contribution in [0.15, 0.2) is 52.9 Å². The molecule has 1 aromatic rings. The van der Waals surface area contributed by atoms with Gasteiger partial charge in [-0.1, -0.05) is 12.1 Å². The number of nitriles is 1. The SMILES string of the molecule is N#C/C(=C1/C=CC=C(Br)N1)c1ccccn1. The first-order chi connectivity index (χ1) is 7.81. The summed E-state index contributed by atoms with van der Waals surface area (Å²) in [6.07, 6.45) is 7.26. The van der Waals surface area contributed by atoms with Crippen LogP contribution in [0.1, 0.15) is 5.69 Å². The summed E-state index contributed by atoms with van der Waals surface area (Å²) in [6.45, 7) is 0. The first kappa shape index (κ1) is 10.7. The minimum Gasteiger partial charge on any atom is -0.349 e. The molecule has 0 fully saturated rings. The number of rotatable bonds is 1. The van der Waals surface area contributed by atoms with Gasteiger partial charge >= 0.3 is 0 Å². The maximum absolute atomic E-state index is 9.16. The van der Waals surface area contributed by atoms with Crippen LogP contribution in [0.2, 0.25) is 0 Å². The molecule has 1 aliphatic rings. The highest BCUT2D eigenvalue weighted by Crippen LogP contribution is 2.19. The molecule has 0 bridgehead atoms. The Balaban J connectivity index is 2.46. The van der Waals surface area contributed by atoms with Gasteiger partial charge in [0.25, 0.3) is 0 Å². The van der Waals surface area contributed by atoms with Crippen molar-refractivity contribution in [2.45, 2.75) is 0 Å². The molecule has 1 N–H and O–H groups in total. The number of hydrogen-bond acceptors (Lipinski definition) is 3. The third kappa shape index (κ3) is 2.20. The quantitative estimate of drug-likeness (QED) is 0.632. The van der Waals surface area contributed by atoms with Gasteiger partial charge in [0, 0.05) is 6.20 Å². The smallest absolute Gasteiger partial charge is 0.104 e. The number of halogens is 1. The van der Waals surface area contributed by atoms with Crippen LogP contribution in [0.5, 0.6) is 0 Å². The fourth-order valence-electron chi connectivity index (χ4n) is 1.35. The highest BCUT2D eigenvalue weighted by Gasteiger charge is 2.10. The molecule has 4 heteroatoms. The number of dihydropyridines is 1. The van der Waals surface area contributed by atoms with E-state index in [1.165, 1.54) is 0 Å². The van der Waals surface area contributed by atoms with Gasteiger partial charge in [-0.05, 0) is 40.2 Å². The van der Waals surface area contributed by atoms with Crippen molar-refractivity contribution >= 4 is 21.5 Å². The lowest BCUT2D eigenvalue weighted by Gasteiger charge is -2.11. The van der Waals surface area contributed by atoms with Gasteiger partial charge in [-0.2, -0.15) is 5.26 Å². The second kappa shape index (κ2) is 4.77. The topological polar surface area (TPSA) is 48.7 Å². The van der Waals surface area contributed by atoms with Crippen molar-refractivity contribution in [2.24, 2.45) is 0 Å². The fourth-order valence-corrected chi connectivity index (χ4v) is 1.72. The van der Waals surface area contributed by atoms with Crippen molar-refractivity contribution in [1.82, 2.24) is 10.3 Å². The normalized spacial score (nSPS) is 17.1. The number of nitrogens with one attached hydrogen (secondary N) is 1. The summed E-state index contributed by atoms with van der Waals surface area (Å²) >= 11 is 3.33. The highest BCUT2D eigenvalue weighted by atomic mass is 79.9. The Morgan fingerprint density at radius 2 is 2.31 bits per heavy atom. The molecule has 0 amide bonds. The largest absolute Gasteiger partial charge is 0.349 e. The van der Waals surface area contributed by atoms with Gasteiger partial charge in [0.05, 0.1) is 16.0 Å². The molecule has 0 saturated heterocycles. The molecule has 0 saturated carbocycles. The van der Waals surface area contributed by atoms with E-state index in [1.807, 2.05) is 36.4 Å². The third-order valence-corrected chi connectivity index (χ3v) is 2.52. The summed E-state index contributed by atoms with van der Waals surface area (Å²) < 4.78 is 0.827. The Hall–Kier alpha value is -1.86. The molecule has 0 radical (unpaired) electrons. The Kier molecular flexibility index (Phi) is 3.18. The van der Waals surface area contributed by atoms with Gasteiger partial charge in [0.1, 0.15) is 11.6 Å². The molecule has 16 heavy (non-hydrogen) atoms. The summed E-state index contributed by atoms with van der Waals surface area (Å²) in [5, 5.41) is 12.2. The zero-order chi connectivity index (χ0) is 11.4. The Labute approximate surface area is 102 Å². The average Bonchev–Trinajstić information content (AvgIpc) is 2.31. The molecule has 0 aliphatic carbocycles. The standard InChI is InChI=1S/C12H8BrN3/c13-12-6-3-5-11(16-12)9(8-14)10-4-1-2-7-15-10/h1-7,16H/b11-9+. The van der Waals surface area contributed by atoms with E-state index >= 15 is 0 Å². The van der Waals surface area contributed by atoms with E-state index < -0.39 is 0 Å². The number of nitrogens with zero attached hydrogens (tertiary/aromatic N) is 2. The Morgan fingerprint density at radius 3 is 2.94 bits per heavy atom. The van der Waals surface area contributed by atoms with Gasteiger partial charge in [-0.15, -0.1) is 0 Å². The molecule has 2 heterocycles. The van der Waals surface area contributed by atoms with Crippen molar-refractivity contribution in [3.8, 4) is 6.07 Å². The fraction of sp³-hybridized carbons (Fsp3) is 0. The molecule has 0 unspecified atom stereocenters. The van der Waals surface area contributed by atoms with Gasteiger partial charge in [-0.3, -0.25) is 4.98 Å². The number of allylic oxidation sites excluding steroid dienone is 4. The Morgan fingerprint density at radius 1 is 1.44 bits per heavy atom. The number of aromatic nitrogens is 1. The van der Waals surface area contributed by atoms with Crippen molar-refractivity contribution in [3.05, 3.63) is 58.6 Å². The molecule has 2 rings (SSSR count). The minimum atomic E-state index is 0.530. The molecular formula is C12H8BrN3. The van der Waals surface area contributed by atoms with Crippen LogP contribution in [0.4, 0.5) is 0 Å². The van der Waals surface area contributed by atoms with Crippen LogP contribution in [0.25, 0.3) is 5.57 Å². The summed E-state index contributed by atoms with van der Waals surface area (Å²) in [7, 11) is 0. The summed E-state index contributed by atoms with van der Waals surface area (Å²) in [4.78, 5) is 4.16. The number of hydrogen-bond donors (Lipinski definition) is 1. The molecule has 78 valence electrons. The van der Waals surface area contributed by atoms with E-state index in [4.69, 9.17) is 5.26 Å². The molecule has 0 atom stereocenters. The summed E-state index contributed by atoms with van der Waals surface area (Å²) in [5.74, 6) is 0. The van der Waals surface area contributed by atoms with E-state index in [9.17, 15) is 0 Å². The van der Waals surface area contributed by atoms with Crippen LogP contribution >= 0.6 is 15.9 Å². The lowest BCUT2D eigenvalue weighted by molar-refractivity contribution is 1.08. The predicted molar refractivity (Wildman–Crippen MR) is 66.1 cm³/mol. The lowest BCUT2D eigenvalue weighted by Crippen LogP contribution is -2.11. The van der Waals surface area contributed by atoms with E-state index in [0.717, 1.165) is 10.3 Å². The number of pyridine rings is 1. The van der Waals surface area contributed by atoms with E-state index in [-0.39, 0.29) is 0 Å².